The summed E-state index contributed by atoms with van der Waals surface area (Å²) in [5.74, 6) is 1.04. The van der Waals surface area contributed by atoms with Gasteiger partial charge in [-0.2, -0.15) is 0 Å². The third-order valence-electron chi connectivity index (χ3n) is 4.22. The van der Waals surface area contributed by atoms with Crippen molar-refractivity contribution in [2.75, 3.05) is 10.6 Å². The van der Waals surface area contributed by atoms with E-state index in [1.54, 1.807) is 12.3 Å². The fourth-order valence-corrected chi connectivity index (χ4v) is 2.89. The monoisotopic (exact) mass is 390 g/mol. The molecule has 0 radical (unpaired) electrons. The van der Waals surface area contributed by atoms with Crippen molar-refractivity contribution in [3.8, 4) is 5.75 Å². The van der Waals surface area contributed by atoms with Gasteiger partial charge in [0.05, 0.1) is 11.8 Å². The van der Waals surface area contributed by atoms with Gasteiger partial charge in [0.15, 0.2) is 0 Å². The second-order valence-electron chi connectivity index (χ2n) is 7.25. The Kier molecular flexibility index (Phi) is 6.44. The maximum atomic E-state index is 12.8. The number of aromatic nitrogens is 2. The lowest BCUT2D eigenvalue weighted by molar-refractivity contribution is 0.102. The van der Waals surface area contributed by atoms with Gasteiger partial charge in [0.1, 0.15) is 11.4 Å². The van der Waals surface area contributed by atoms with Gasteiger partial charge < -0.3 is 15.4 Å². The smallest absolute Gasteiger partial charge is 0.274 e. The largest absolute Gasteiger partial charge is 0.489 e. The second-order valence-corrected chi connectivity index (χ2v) is 7.25. The molecule has 6 nitrogen and oxygen atoms in total. The molecule has 0 aliphatic rings. The fraction of sp³-hybridized carbons (Fsp3) is 0.261. The topological polar surface area (TPSA) is 76.1 Å². The molecule has 0 unspecified atom stereocenters. The van der Waals surface area contributed by atoms with Crippen LogP contribution in [0.4, 0.5) is 17.3 Å². The van der Waals surface area contributed by atoms with Gasteiger partial charge in [-0.05, 0) is 49.6 Å². The minimum absolute atomic E-state index is 0.0389. The highest BCUT2D eigenvalue weighted by molar-refractivity contribution is 6.03. The predicted molar refractivity (Wildman–Crippen MR) is 116 cm³/mol. The molecule has 1 heterocycles. The number of nitrogens with zero attached hydrogens (tertiary/aromatic N) is 2. The van der Waals surface area contributed by atoms with Crippen molar-refractivity contribution in [2.45, 2.75) is 39.7 Å². The van der Waals surface area contributed by atoms with Gasteiger partial charge in [0, 0.05) is 11.9 Å². The molecule has 3 rings (SSSR count). The molecule has 6 heteroatoms. The first-order valence-corrected chi connectivity index (χ1v) is 9.70. The van der Waals surface area contributed by atoms with Gasteiger partial charge >= 0.3 is 0 Å². The summed E-state index contributed by atoms with van der Waals surface area (Å²) in [7, 11) is 0. The van der Waals surface area contributed by atoms with Crippen molar-refractivity contribution in [3.05, 3.63) is 72.1 Å². The zero-order valence-electron chi connectivity index (χ0n) is 17.1. The number of para-hydroxylation sites is 3. The van der Waals surface area contributed by atoms with Crippen LogP contribution in [-0.2, 0) is 0 Å². The second kappa shape index (κ2) is 9.19. The summed E-state index contributed by atoms with van der Waals surface area (Å²) in [4.78, 5) is 21.4. The summed E-state index contributed by atoms with van der Waals surface area (Å²) >= 11 is 0. The minimum Gasteiger partial charge on any atom is -0.489 e. The number of nitrogens with one attached hydrogen (secondary N) is 2. The highest BCUT2D eigenvalue weighted by Gasteiger charge is 2.14. The number of hydrogen-bond acceptors (Lipinski definition) is 5. The van der Waals surface area contributed by atoms with E-state index in [9.17, 15) is 4.79 Å². The Bertz CT molecular complexity index is 986. The van der Waals surface area contributed by atoms with E-state index >= 15 is 0 Å². The number of benzene rings is 2. The fourth-order valence-electron chi connectivity index (χ4n) is 2.89. The van der Waals surface area contributed by atoms with Crippen LogP contribution in [0.15, 0.2) is 60.8 Å². The van der Waals surface area contributed by atoms with E-state index in [0.29, 0.717) is 17.6 Å². The van der Waals surface area contributed by atoms with Crippen LogP contribution in [0, 0.1) is 0 Å². The third-order valence-corrected chi connectivity index (χ3v) is 4.22. The van der Waals surface area contributed by atoms with Crippen LogP contribution in [0.3, 0.4) is 0 Å². The highest BCUT2D eigenvalue weighted by atomic mass is 16.5. The maximum absolute atomic E-state index is 12.8. The van der Waals surface area contributed by atoms with E-state index in [0.717, 1.165) is 16.9 Å². The Morgan fingerprint density at radius 1 is 0.931 bits per heavy atom. The summed E-state index contributed by atoms with van der Waals surface area (Å²) in [5, 5.41) is 6.09. The quantitative estimate of drug-likeness (QED) is 0.566. The molecule has 2 aromatic carbocycles. The van der Waals surface area contributed by atoms with Crippen LogP contribution in [0.5, 0.6) is 5.75 Å². The Balaban J connectivity index is 1.79. The van der Waals surface area contributed by atoms with Crippen molar-refractivity contribution >= 4 is 23.2 Å². The van der Waals surface area contributed by atoms with E-state index in [-0.39, 0.29) is 17.7 Å². The van der Waals surface area contributed by atoms with E-state index < -0.39 is 0 Å². The number of ether oxygens (including phenoxy) is 1. The summed E-state index contributed by atoms with van der Waals surface area (Å²) < 4.78 is 5.81. The van der Waals surface area contributed by atoms with Crippen LogP contribution in [0.2, 0.25) is 0 Å². The average molecular weight is 390 g/mol. The lowest BCUT2D eigenvalue weighted by atomic mass is 10.0. The molecule has 0 saturated carbocycles. The summed E-state index contributed by atoms with van der Waals surface area (Å²) in [6.45, 7) is 8.11. The highest BCUT2D eigenvalue weighted by Crippen LogP contribution is 2.27. The lowest BCUT2D eigenvalue weighted by Gasteiger charge is -2.15. The van der Waals surface area contributed by atoms with Crippen molar-refractivity contribution in [1.82, 2.24) is 9.97 Å². The zero-order valence-corrected chi connectivity index (χ0v) is 17.1. The molecule has 29 heavy (non-hydrogen) atoms. The standard InChI is InChI=1S/C23H26N4O2/c1-15(2)17-9-5-6-10-18(17)25-22(28)20-13-14-24-23(27-20)26-19-11-7-8-12-21(19)29-16(3)4/h5-16H,1-4H3,(H,25,28)(H,24,26,27). The number of hydrogen-bond donors (Lipinski definition) is 2. The molecule has 0 atom stereocenters. The summed E-state index contributed by atoms with van der Waals surface area (Å²) in [6.07, 6.45) is 1.60. The Morgan fingerprint density at radius 3 is 2.34 bits per heavy atom. The Hall–Kier alpha value is -3.41. The normalized spacial score (nSPS) is 10.8. The number of anilines is 3. The molecule has 0 saturated heterocycles. The molecule has 1 aromatic heterocycles. The lowest BCUT2D eigenvalue weighted by Crippen LogP contribution is -2.16. The third kappa shape index (κ3) is 5.31. The number of carbonyl (C=O) groups excluding carboxylic acids is 1. The van der Waals surface area contributed by atoms with Gasteiger partial charge in [-0.3, -0.25) is 4.79 Å². The van der Waals surface area contributed by atoms with Crippen molar-refractivity contribution in [3.63, 3.8) is 0 Å². The van der Waals surface area contributed by atoms with Crippen molar-refractivity contribution in [2.24, 2.45) is 0 Å². The van der Waals surface area contributed by atoms with Crippen LogP contribution in [0.1, 0.15) is 49.7 Å². The molecule has 0 aliphatic heterocycles. The molecule has 0 fully saturated rings. The molecular formula is C23H26N4O2. The van der Waals surface area contributed by atoms with Crippen LogP contribution in [-0.4, -0.2) is 22.0 Å². The van der Waals surface area contributed by atoms with Gasteiger partial charge in [-0.15, -0.1) is 0 Å². The van der Waals surface area contributed by atoms with E-state index in [1.807, 2.05) is 62.4 Å². The van der Waals surface area contributed by atoms with E-state index in [4.69, 9.17) is 4.74 Å². The first-order chi connectivity index (χ1) is 13.9. The average Bonchev–Trinajstić information content (AvgIpc) is 2.69. The summed E-state index contributed by atoms with van der Waals surface area (Å²) in [5.41, 5.74) is 2.89. The number of rotatable bonds is 7. The molecule has 0 bridgehead atoms. The molecule has 0 aliphatic carbocycles. The molecule has 0 spiro atoms. The molecule has 150 valence electrons. The first kappa shape index (κ1) is 20.3. The van der Waals surface area contributed by atoms with Gasteiger partial charge in [-0.25, -0.2) is 9.97 Å². The maximum Gasteiger partial charge on any atom is 0.274 e. The summed E-state index contributed by atoms with van der Waals surface area (Å²) in [6, 6.07) is 16.9. The van der Waals surface area contributed by atoms with Gasteiger partial charge in [-0.1, -0.05) is 44.2 Å². The minimum atomic E-state index is -0.282. The number of amides is 1. The van der Waals surface area contributed by atoms with E-state index in [1.165, 1.54) is 0 Å². The molecule has 2 N–H and O–H groups in total. The van der Waals surface area contributed by atoms with Crippen molar-refractivity contribution < 1.29 is 9.53 Å². The van der Waals surface area contributed by atoms with E-state index in [2.05, 4.69) is 34.4 Å². The van der Waals surface area contributed by atoms with Crippen LogP contribution >= 0.6 is 0 Å². The van der Waals surface area contributed by atoms with Crippen molar-refractivity contribution in [1.29, 1.82) is 0 Å². The Morgan fingerprint density at radius 2 is 1.62 bits per heavy atom. The first-order valence-electron chi connectivity index (χ1n) is 9.70. The predicted octanol–water partition coefficient (Wildman–Crippen LogP) is 5.38. The number of carbonyl (C=O) groups is 1. The zero-order chi connectivity index (χ0) is 20.8. The van der Waals surface area contributed by atoms with Gasteiger partial charge in [0.2, 0.25) is 5.95 Å². The molecular weight excluding hydrogens is 364 g/mol. The van der Waals surface area contributed by atoms with Gasteiger partial charge in [0.25, 0.3) is 5.91 Å². The molecule has 3 aromatic rings. The van der Waals surface area contributed by atoms with Crippen LogP contribution in [0.25, 0.3) is 0 Å². The SMILES string of the molecule is CC(C)Oc1ccccc1Nc1nccc(C(=O)Nc2ccccc2C(C)C)n1. The van der Waals surface area contributed by atoms with Crippen LogP contribution < -0.4 is 15.4 Å². The molecule has 1 amide bonds. The Labute approximate surface area is 171 Å².